The molecule has 1 unspecified atom stereocenters. The first-order valence-electron chi connectivity index (χ1n) is 8.10. The summed E-state index contributed by atoms with van der Waals surface area (Å²) in [5.74, 6) is -0.879. The summed E-state index contributed by atoms with van der Waals surface area (Å²) < 4.78 is 0. The van der Waals surface area contributed by atoms with E-state index in [9.17, 15) is 4.79 Å². The van der Waals surface area contributed by atoms with E-state index in [1.165, 1.54) is 19.3 Å². The minimum Gasteiger partial charge on any atom is -0.478 e. The second kappa shape index (κ2) is 11.0. The van der Waals surface area contributed by atoms with Crippen LogP contribution in [0.5, 0.6) is 0 Å². The number of carbonyl (C=O) groups is 1. The lowest BCUT2D eigenvalue weighted by Gasteiger charge is -2.33. The Labute approximate surface area is 135 Å². The molecule has 1 rings (SSSR count). The largest absolute Gasteiger partial charge is 0.478 e. The fourth-order valence-electron chi connectivity index (χ4n) is 2.30. The summed E-state index contributed by atoms with van der Waals surface area (Å²) in [4.78, 5) is 10.2. The van der Waals surface area contributed by atoms with Gasteiger partial charge in [-0.15, -0.1) is 6.58 Å². The molecule has 1 aromatic rings. The van der Waals surface area contributed by atoms with E-state index in [1.807, 2.05) is 0 Å². The third kappa shape index (κ3) is 7.99. The summed E-state index contributed by atoms with van der Waals surface area (Å²) >= 11 is 0. The molecule has 3 heteroatoms. The molecule has 0 aliphatic heterocycles. The Morgan fingerprint density at radius 3 is 2.23 bits per heavy atom. The van der Waals surface area contributed by atoms with E-state index < -0.39 is 5.97 Å². The Balaban J connectivity index is 0.000000425. The van der Waals surface area contributed by atoms with Crippen molar-refractivity contribution in [1.82, 2.24) is 5.32 Å². The van der Waals surface area contributed by atoms with E-state index >= 15 is 0 Å². The summed E-state index contributed by atoms with van der Waals surface area (Å²) in [7, 11) is 0. The molecule has 0 saturated carbocycles. The Morgan fingerprint density at radius 1 is 1.32 bits per heavy atom. The zero-order valence-electron chi connectivity index (χ0n) is 14.4. The molecule has 0 aliphatic carbocycles. The minimum absolute atomic E-state index is 0.171. The van der Waals surface area contributed by atoms with Gasteiger partial charge in [-0.25, -0.2) is 4.79 Å². The van der Waals surface area contributed by atoms with E-state index in [0.717, 1.165) is 6.42 Å². The first kappa shape index (κ1) is 20.4. The molecule has 0 aliphatic rings. The molecule has 0 amide bonds. The van der Waals surface area contributed by atoms with Gasteiger partial charge in [0, 0.05) is 11.6 Å². The molecule has 3 nitrogen and oxygen atoms in total. The molecule has 124 valence electrons. The van der Waals surface area contributed by atoms with Crippen molar-refractivity contribution in [3.63, 3.8) is 0 Å². The minimum atomic E-state index is -0.879. The average Bonchev–Trinajstić information content (AvgIpc) is 2.52. The Hall–Kier alpha value is -1.61. The second-order valence-electron chi connectivity index (χ2n) is 5.79. The maximum absolute atomic E-state index is 10.2. The van der Waals surface area contributed by atoms with Gasteiger partial charge in [-0.2, -0.15) is 0 Å². The summed E-state index contributed by atoms with van der Waals surface area (Å²) in [5.41, 5.74) is 0.502. The Bertz CT molecular complexity index is 428. The molecule has 0 fully saturated rings. The van der Waals surface area contributed by atoms with Crippen LogP contribution < -0.4 is 5.32 Å². The summed E-state index contributed by atoms with van der Waals surface area (Å²) in [5, 5.41) is 12.0. The summed E-state index contributed by atoms with van der Waals surface area (Å²) in [6.07, 6.45) is 6.97. The molecule has 0 bridgehead atoms. The number of benzene rings is 1. The maximum Gasteiger partial charge on any atom is 0.335 e. The molecular weight excluding hydrogens is 274 g/mol. The van der Waals surface area contributed by atoms with Crippen LogP contribution in [0.2, 0.25) is 0 Å². The molecule has 2 N–H and O–H groups in total. The van der Waals surface area contributed by atoms with Crippen LogP contribution in [-0.2, 0) is 0 Å². The number of unbranched alkanes of at least 4 members (excludes halogenated alkanes) is 1. The van der Waals surface area contributed by atoms with Gasteiger partial charge >= 0.3 is 5.97 Å². The molecule has 22 heavy (non-hydrogen) atoms. The molecule has 0 saturated heterocycles. The highest BCUT2D eigenvalue weighted by Crippen LogP contribution is 2.20. The van der Waals surface area contributed by atoms with Gasteiger partial charge in [-0.3, -0.25) is 0 Å². The van der Waals surface area contributed by atoms with Crippen molar-refractivity contribution in [3.05, 3.63) is 48.6 Å². The highest BCUT2D eigenvalue weighted by atomic mass is 16.4. The average molecular weight is 305 g/mol. The predicted molar refractivity (Wildman–Crippen MR) is 94.4 cm³/mol. The number of rotatable bonds is 8. The van der Waals surface area contributed by atoms with Crippen molar-refractivity contribution >= 4 is 5.97 Å². The quantitative estimate of drug-likeness (QED) is 0.672. The van der Waals surface area contributed by atoms with Crippen LogP contribution >= 0.6 is 0 Å². The van der Waals surface area contributed by atoms with Crippen LogP contribution in [-0.4, -0.2) is 22.7 Å². The molecule has 0 radical (unpaired) electrons. The Kier molecular flexibility index (Phi) is 10.2. The zero-order valence-corrected chi connectivity index (χ0v) is 14.4. The summed E-state index contributed by atoms with van der Waals surface area (Å²) in [6, 6.07) is 8.83. The predicted octanol–water partition coefficient (Wildman–Crippen LogP) is 4.89. The Morgan fingerprint density at radius 2 is 1.91 bits per heavy atom. The highest BCUT2D eigenvalue weighted by molar-refractivity contribution is 5.87. The topological polar surface area (TPSA) is 49.3 Å². The van der Waals surface area contributed by atoms with E-state index in [1.54, 1.807) is 30.3 Å². The smallest absolute Gasteiger partial charge is 0.335 e. The van der Waals surface area contributed by atoms with Gasteiger partial charge in [0.2, 0.25) is 0 Å². The lowest BCUT2D eigenvalue weighted by atomic mass is 9.89. The number of hydrogen-bond donors (Lipinski definition) is 2. The second-order valence-corrected chi connectivity index (χ2v) is 5.79. The fourth-order valence-corrected chi connectivity index (χ4v) is 2.30. The van der Waals surface area contributed by atoms with Gasteiger partial charge < -0.3 is 10.4 Å². The van der Waals surface area contributed by atoms with Crippen molar-refractivity contribution in [2.45, 2.75) is 65.0 Å². The van der Waals surface area contributed by atoms with Crippen LogP contribution in [0, 0.1) is 0 Å². The van der Waals surface area contributed by atoms with Gasteiger partial charge in [0.05, 0.1) is 5.56 Å². The number of carboxylic acid groups (broad SMARTS) is 1. The third-order valence-corrected chi connectivity index (χ3v) is 3.59. The molecule has 0 spiro atoms. The van der Waals surface area contributed by atoms with Gasteiger partial charge in [-0.1, -0.05) is 64.8 Å². The van der Waals surface area contributed by atoms with Crippen molar-refractivity contribution in [2.24, 2.45) is 0 Å². The number of nitrogens with one attached hydrogen (secondary N) is 1. The third-order valence-electron chi connectivity index (χ3n) is 3.59. The van der Waals surface area contributed by atoms with Crippen LogP contribution in [0.3, 0.4) is 0 Å². The van der Waals surface area contributed by atoms with Gasteiger partial charge in [0.15, 0.2) is 0 Å². The van der Waals surface area contributed by atoms with Crippen molar-refractivity contribution in [2.75, 3.05) is 0 Å². The maximum atomic E-state index is 10.2. The molecule has 1 atom stereocenters. The van der Waals surface area contributed by atoms with E-state index in [4.69, 9.17) is 5.11 Å². The van der Waals surface area contributed by atoms with Gasteiger partial charge in [0.25, 0.3) is 0 Å². The van der Waals surface area contributed by atoms with Gasteiger partial charge in [0.1, 0.15) is 0 Å². The van der Waals surface area contributed by atoms with Crippen LogP contribution in [0.1, 0.15) is 63.7 Å². The van der Waals surface area contributed by atoms with Crippen molar-refractivity contribution < 1.29 is 9.90 Å². The molecule has 0 aromatic heterocycles. The molecular formula is C19H31NO2. The number of carboxylic acids is 1. The van der Waals surface area contributed by atoms with Crippen molar-refractivity contribution in [3.8, 4) is 0 Å². The normalized spacial score (nSPS) is 13.0. The van der Waals surface area contributed by atoms with Crippen LogP contribution in [0.15, 0.2) is 43.0 Å². The van der Waals surface area contributed by atoms with Gasteiger partial charge in [-0.05, 0) is 25.0 Å². The van der Waals surface area contributed by atoms with E-state index in [2.05, 4.69) is 45.7 Å². The van der Waals surface area contributed by atoms with Crippen LogP contribution in [0.4, 0.5) is 0 Å². The summed E-state index contributed by atoms with van der Waals surface area (Å²) in [6.45, 7) is 12.8. The molecule has 0 heterocycles. The first-order chi connectivity index (χ1) is 10.4. The molecule has 1 aromatic carbocycles. The fraction of sp³-hybridized carbons (Fsp3) is 0.526. The first-order valence-corrected chi connectivity index (χ1v) is 8.10. The number of hydrogen-bond acceptors (Lipinski definition) is 2. The monoisotopic (exact) mass is 305 g/mol. The zero-order chi connectivity index (χ0) is 17.0. The van der Waals surface area contributed by atoms with E-state index in [-0.39, 0.29) is 5.54 Å². The lowest BCUT2D eigenvalue weighted by molar-refractivity contribution is 0.0697. The van der Waals surface area contributed by atoms with Crippen LogP contribution in [0.25, 0.3) is 0 Å². The van der Waals surface area contributed by atoms with Crippen molar-refractivity contribution in [1.29, 1.82) is 0 Å². The lowest BCUT2D eigenvalue weighted by Crippen LogP contribution is -2.46. The SMILES string of the molecule is C=CC(CC)(CCCC)NC(C)C.O=C(O)c1ccccc1. The number of aromatic carboxylic acids is 1. The van der Waals surface area contributed by atoms with E-state index in [0.29, 0.717) is 11.6 Å². The standard InChI is InChI=1S/C12H25N.C7H6O2/c1-6-9-10-12(7-2,8-3)13-11(4)5;8-7(9)6-4-2-1-3-5-6/h7,11,13H,2,6,8-10H2,1,3-5H3;1-5H,(H,8,9). The highest BCUT2D eigenvalue weighted by Gasteiger charge is 2.23.